The van der Waals surface area contributed by atoms with Gasteiger partial charge in [-0.05, 0) is 24.3 Å². The number of hydrogen-bond donors (Lipinski definition) is 2. The van der Waals surface area contributed by atoms with Gasteiger partial charge in [0.25, 0.3) is 0 Å². The minimum absolute atomic E-state index is 0.144. The van der Waals surface area contributed by atoms with Gasteiger partial charge in [-0.3, -0.25) is 0 Å². The average molecular weight is 368 g/mol. The number of rotatable bonds is 8. The molecule has 134 valence electrons. The summed E-state index contributed by atoms with van der Waals surface area (Å²) < 4.78 is 34.1. The van der Waals surface area contributed by atoms with Gasteiger partial charge in [-0.2, -0.15) is 8.78 Å². The van der Waals surface area contributed by atoms with Crippen molar-refractivity contribution in [2.75, 3.05) is 24.7 Å². The third kappa shape index (κ3) is 6.50. The Labute approximate surface area is 148 Å². The molecule has 2 N–H and O–H groups in total. The molecule has 2 rings (SSSR count). The molecule has 0 unspecified atom stereocenters. The van der Waals surface area contributed by atoms with Gasteiger partial charge in [0, 0.05) is 28.9 Å². The van der Waals surface area contributed by atoms with Crippen molar-refractivity contribution in [2.24, 2.45) is 0 Å². The maximum Gasteiger partial charge on any atom is 0.387 e. The zero-order chi connectivity index (χ0) is 18.1. The Kier molecular flexibility index (Phi) is 7.34. The van der Waals surface area contributed by atoms with Crippen LogP contribution in [0, 0.1) is 0 Å². The van der Waals surface area contributed by atoms with Crippen molar-refractivity contribution in [1.82, 2.24) is 5.32 Å². The van der Waals surface area contributed by atoms with Crippen LogP contribution in [0.15, 0.2) is 53.4 Å². The third-order valence-electron chi connectivity index (χ3n) is 3.04. The van der Waals surface area contributed by atoms with Crippen molar-refractivity contribution < 1.29 is 23.0 Å². The van der Waals surface area contributed by atoms with Crippen molar-refractivity contribution in [3.8, 4) is 11.5 Å². The average Bonchev–Trinajstić information content (AvgIpc) is 2.59. The number of urea groups is 1. The van der Waals surface area contributed by atoms with Crippen LogP contribution in [0.25, 0.3) is 0 Å². The quantitative estimate of drug-likeness (QED) is 0.541. The molecule has 0 aliphatic carbocycles. The molecule has 0 fully saturated rings. The normalized spacial score (nSPS) is 10.4. The number of halogens is 2. The van der Waals surface area contributed by atoms with Gasteiger partial charge in [0.05, 0.1) is 7.11 Å². The lowest BCUT2D eigenvalue weighted by Gasteiger charge is -2.12. The molecule has 2 aromatic rings. The van der Waals surface area contributed by atoms with Gasteiger partial charge in [-0.25, -0.2) is 4.79 Å². The fraction of sp³-hybridized carbons (Fsp3) is 0.235. The van der Waals surface area contributed by atoms with E-state index in [1.54, 1.807) is 11.8 Å². The van der Waals surface area contributed by atoms with Crippen LogP contribution in [0.1, 0.15) is 0 Å². The maximum atomic E-state index is 12.4. The summed E-state index contributed by atoms with van der Waals surface area (Å²) in [4.78, 5) is 13.0. The van der Waals surface area contributed by atoms with Crippen molar-refractivity contribution in [3.63, 3.8) is 0 Å². The molecule has 0 radical (unpaired) electrons. The first-order valence-electron chi connectivity index (χ1n) is 7.44. The highest BCUT2D eigenvalue weighted by Crippen LogP contribution is 2.31. The van der Waals surface area contributed by atoms with Gasteiger partial charge in [0.1, 0.15) is 0 Å². The van der Waals surface area contributed by atoms with Crippen molar-refractivity contribution in [3.05, 3.63) is 48.5 Å². The lowest BCUT2D eigenvalue weighted by Crippen LogP contribution is -2.30. The molecule has 0 saturated heterocycles. The largest absolute Gasteiger partial charge is 0.493 e. The molecule has 0 heterocycles. The first-order valence-corrected chi connectivity index (χ1v) is 8.42. The van der Waals surface area contributed by atoms with E-state index in [0.29, 0.717) is 18.0 Å². The van der Waals surface area contributed by atoms with Crippen LogP contribution in [0.5, 0.6) is 11.5 Å². The van der Waals surface area contributed by atoms with Crippen LogP contribution in [0.4, 0.5) is 19.3 Å². The maximum absolute atomic E-state index is 12.4. The number of nitrogens with one attached hydrogen (secondary N) is 2. The van der Waals surface area contributed by atoms with Crippen LogP contribution >= 0.6 is 11.8 Å². The number of alkyl halides is 2. The minimum Gasteiger partial charge on any atom is -0.493 e. The molecule has 5 nitrogen and oxygen atoms in total. The Morgan fingerprint density at radius 3 is 2.60 bits per heavy atom. The van der Waals surface area contributed by atoms with Gasteiger partial charge >= 0.3 is 12.6 Å². The molecule has 0 spiro atoms. The molecule has 0 bridgehead atoms. The summed E-state index contributed by atoms with van der Waals surface area (Å²) in [5, 5.41) is 5.26. The Balaban J connectivity index is 1.81. The van der Waals surface area contributed by atoms with E-state index in [1.165, 1.54) is 25.3 Å². The smallest absolute Gasteiger partial charge is 0.387 e. The number of amides is 2. The van der Waals surface area contributed by atoms with Gasteiger partial charge in [-0.1, -0.05) is 18.2 Å². The summed E-state index contributed by atoms with van der Waals surface area (Å²) in [6.45, 7) is -2.52. The van der Waals surface area contributed by atoms with E-state index in [1.807, 2.05) is 30.3 Å². The summed E-state index contributed by atoms with van der Waals surface area (Å²) in [5.74, 6) is 0.722. The molecular formula is C17H18F2N2O3S. The van der Waals surface area contributed by atoms with Gasteiger partial charge in [0.15, 0.2) is 11.5 Å². The number of carbonyl (C=O) groups excluding carboxylic acids is 1. The first-order chi connectivity index (χ1) is 12.1. The van der Waals surface area contributed by atoms with Crippen molar-refractivity contribution >= 4 is 23.5 Å². The zero-order valence-corrected chi connectivity index (χ0v) is 14.3. The first kappa shape index (κ1) is 18.9. The van der Waals surface area contributed by atoms with E-state index >= 15 is 0 Å². The van der Waals surface area contributed by atoms with E-state index in [0.717, 1.165) is 4.90 Å². The van der Waals surface area contributed by atoms with E-state index in [2.05, 4.69) is 15.4 Å². The fourth-order valence-corrected chi connectivity index (χ4v) is 2.76. The summed E-state index contributed by atoms with van der Waals surface area (Å²) in [7, 11) is 1.35. The number of ether oxygens (including phenoxy) is 2. The van der Waals surface area contributed by atoms with Crippen LogP contribution in [0.2, 0.25) is 0 Å². The number of benzene rings is 2. The van der Waals surface area contributed by atoms with Crippen LogP contribution in [0.3, 0.4) is 0 Å². The van der Waals surface area contributed by atoms with Crippen LogP contribution in [-0.4, -0.2) is 32.1 Å². The second kappa shape index (κ2) is 9.73. The number of anilines is 1. The molecular weight excluding hydrogens is 350 g/mol. The molecule has 0 aromatic heterocycles. The molecule has 0 atom stereocenters. The Morgan fingerprint density at radius 1 is 1.16 bits per heavy atom. The predicted octanol–water partition coefficient (Wildman–Crippen LogP) is 4.21. The molecule has 8 heteroatoms. The standard InChI is InChI=1S/C17H18F2N2O3S/c1-23-14-8-7-12(11-15(14)24-16(18)19)21-17(22)20-9-10-25-13-5-3-2-4-6-13/h2-8,11,16H,9-10H2,1H3,(H2,20,21,22). The lowest BCUT2D eigenvalue weighted by atomic mass is 10.3. The Bertz CT molecular complexity index is 687. The zero-order valence-electron chi connectivity index (χ0n) is 13.5. The molecule has 0 aliphatic heterocycles. The fourth-order valence-electron chi connectivity index (χ4n) is 1.97. The molecule has 25 heavy (non-hydrogen) atoms. The lowest BCUT2D eigenvalue weighted by molar-refractivity contribution is -0.0511. The van der Waals surface area contributed by atoms with E-state index in [4.69, 9.17) is 4.74 Å². The second-order valence-corrected chi connectivity index (χ2v) is 5.95. The summed E-state index contributed by atoms with van der Waals surface area (Å²) in [6.07, 6.45) is 0. The van der Waals surface area contributed by atoms with E-state index in [-0.39, 0.29) is 11.5 Å². The molecule has 0 saturated carbocycles. The number of carbonyl (C=O) groups is 1. The van der Waals surface area contributed by atoms with Gasteiger partial charge in [0.2, 0.25) is 0 Å². The topological polar surface area (TPSA) is 59.6 Å². The van der Waals surface area contributed by atoms with E-state index in [9.17, 15) is 13.6 Å². The molecule has 2 amide bonds. The predicted molar refractivity (Wildman–Crippen MR) is 93.8 cm³/mol. The van der Waals surface area contributed by atoms with Gasteiger partial charge < -0.3 is 20.1 Å². The Morgan fingerprint density at radius 2 is 1.92 bits per heavy atom. The second-order valence-electron chi connectivity index (χ2n) is 4.79. The monoisotopic (exact) mass is 368 g/mol. The number of hydrogen-bond acceptors (Lipinski definition) is 4. The molecule has 0 aliphatic rings. The third-order valence-corrected chi connectivity index (χ3v) is 4.05. The highest BCUT2D eigenvalue weighted by Gasteiger charge is 2.12. The van der Waals surface area contributed by atoms with Crippen molar-refractivity contribution in [2.45, 2.75) is 11.5 Å². The Hall–Kier alpha value is -2.48. The molecule has 2 aromatic carbocycles. The number of methoxy groups -OCH3 is 1. The minimum atomic E-state index is -2.98. The number of thioether (sulfide) groups is 1. The summed E-state index contributed by atoms with van der Waals surface area (Å²) >= 11 is 1.62. The SMILES string of the molecule is COc1ccc(NC(=O)NCCSc2ccccc2)cc1OC(F)F. The van der Waals surface area contributed by atoms with Crippen molar-refractivity contribution in [1.29, 1.82) is 0 Å². The van der Waals surface area contributed by atoms with Gasteiger partial charge in [-0.15, -0.1) is 11.8 Å². The van der Waals surface area contributed by atoms with Crippen LogP contribution in [-0.2, 0) is 0 Å². The summed E-state index contributed by atoms with van der Waals surface area (Å²) in [6, 6.07) is 13.7. The van der Waals surface area contributed by atoms with E-state index < -0.39 is 12.6 Å². The highest BCUT2D eigenvalue weighted by molar-refractivity contribution is 7.99. The highest BCUT2D eigenvalue weighted by atomic mass is 32.2. The summed E-state index contributed by atoms with van der Waals surface area (Å²) in [5.41, 5.74) is 0.324. The van der Waals surface area contributed by atoms with Crippen LogP contribution < -0.4 is 20.1 Å².